The third kappa shape index (κ3) is 31.1. The highest BCUT2D eigenvalue weighted by atomic mass is 16.5. The van der Waals surface area contributed by atoms with E-state index in [1.54, 1.807) is 154 Å². The Labute approximate surface area is 799 Å². The fourth-order valence-corrected chi connectivity index (χ4v) is 18.7. The molecule has 0 aliphatic carbocycles. The fraction of sp³-hybridized carbons (Fsp3) is 0.653. The number of aliphatic carboxylic acids is 2. The van der Waals surface area contributed by atoms with E-state index in [9.17, 15) is 72.5 Å². The van der Waals surface area contributed by atoms with E-state index in [1.807, 2.05) is 27.7 Å². The minimum Gasteiger partial charge on any atom is -0.480 e. The summed E-state index contributed by atoms with van der Waals surface area (Å²) in [6, 6.07) is 6.41. The van der Waals surface area contributed by atoms with Crippen molar-refractivity contribution in [3.05, 3.63) is 96.1 Å². The smallest absolute Gasteiger partial charge is 0.326 e. The van der Waals surface area contributed by atoms with Gasteiger partial charge in [0.2, 0.25) is 70.9 Å². The van der Waals surface area contributed by atoms with Crippen LogP contribution in [-0.2, 0) is 118 Å². The molecule has 0 radical (unpaired) electrons. The molecule has 0 bridgehead atoms. The highest BCUT2D eigenvalue weighted by Gasteiger charge is 2.50. The molecule has 136 heavy (non-hydrogen) atoms. The van der Waals surface area contributed by atoms with Crippen LogP contribution in [-0.4, -0.2) is 336 Å². The number of carboxylic acids is 2. The number of carboxylic acid groups (broad SMARTS) is 2. The predicted molar refractivity (Wildman–Crippen MR) is 502 cm³/mol. The summed E-state index contributed by atoms with van der Waals surface area (Å²) >= 11 is 0. The molecule has 2 saturated heterocycles. The van der Waals surface area contributed by atoms with E-state index in [-0.39, 0.29) is 110 Å². The number of methoxy groups -OCH3 is 3. The van der Waals surface area contributed by atoms with Crippen molar-refractivity contribution in [2.24, 2.45) is 53.3 Å². The summed E-state index contributed by atoms with van der Waals surface area (Å²) in [5.74, 6) is -17.4. The SMILES string of the molecule is CCC(C)[C@@H](C(CC(=O)N1CC(CO[C@H]([C@@H](C)C(=O)N[C@@H](Cc2ccccc2)C(=O)O)[C@@H]2CCCN2C(=O)CC(OC)[C@H](C(C)CC)N(C)C(=O)[C@@H](NC(=O)[C@H](C(C)C)N(C)C(=O)CCNC(=O)CCN2C(=O)C=CC2=O)C(C)C)C[C@H]1[C@H](OC)[C@@H](C)C(=O)N[C@@H](Cc1ccccc1)C(=O)O)OC)N(C)C(=O)[C@@H](NC(=O)[C@H](C(C)C)N(C)C(=O)CCNC(=O)CCN1C(=O)C=CC1=O)C(C)C. The Bertz CT molecular complexity index is 4490. The van der Waals surface area contributed by atoms with Crippen molar-refractivity contribution in [2.45, 2.75) is 265 Å². The lowest BCUT2D eigenvalue weighted by Crippen LogP contribution is -2.60. The first-order valence-corrected chi connectivity index (χ1v) is 47.4. The highest BCUT2D eigenvalue weighted by Crippen LogP contribution is 2.37. The van der Waals surface area contributed by atoms with Gasteiger partial charge in [-0.1, -0.05) is 170 Å². The molecule has 2 fully saturated rings. The van der Waals surface area contributed by atoms with E-state index in [1.165, 1.54) is 55.0 Å². The van der Waals surface area contributed by atoms with Crippen molar-refractivity contribution in [3.63, 3.8) is 0 Å². The van der Waals surface area contributed by atoms with Crippen LogP contribution in [0.3, 0.4) is 0 Å². The van der Waals surface area contributed by atoms with E-state index in [2.05, 4.69) is 31.9 Å². The maximum absolute atomic E-state index is 15.9. The van der Waals surface area contributed by atoms with E-state index in [4.69, 9.17) is 18.9 Å². The maximum Gasteiger partial charge on any atom is 0.326 e. The average molecular weight is 1910 g/mol. The number of likely N-dealkylation sites (tertiary alicyclic amines) is 2. The summed E-state index contributed by atoms with van der Waals surface area (Å²) in [5, 5.41) is 37.8. The van der Waals surface area contributed by atoms with Gasteiger partial charge in [0.25, 0.3) is 23.6 Å². The van der Waals surface area contributed by atoms with Gasteiger partial charge < -0.3 is 90.5 Å². The number of imide groups is 2. The van der Waals surface area contributed by atoms with Crippen molar-refractivity contribution in [1.82, 2.24) is 71.1 Å². The number of hydrogen-bond acceptors (Lipinski definition) is 22. The molecule has 38 nitrogen and oxygen atoms in total. The summed E-state index contributed by atoms with van der Waals surface area (Å²) in [7, 11) is 10.2. The summed E-state index contributed by atoms with van der Waals surface area (Å²) in [4.78, 5) is 259. The number of likely N-dealkylation sites (N-methyl/N-ethyl adjacent to an activating group) is 4. The van der Waals surface area contributed by atoms with Gasteiger partial charge in [-0.2, -0.15) is 0 Å². The first-order valence-electron chi connectivity index (χ1n) is 47.4. The predicted octanol–water partition coefficient (Wildman–Crippen LogP) is 3.94. The number of rotatable bonds is 56. The molecule has 0 aromatic heterocycles. The summed E-state index contributed by atoms with van der Waals surface area (Å²) in [6.45, 7) is 23.9. The Morgan fingerprint density at radius 2 is 0.831 bits per heavy atom. The zero-order valence-corrected chi connectivity index (χ0v) is 83.0. The van der Waals surface area contributed by atoms with Crippen molar-refractivity contribution in [2.75, 3.05) is 95.4 Å². The third-order valence-corrected chi connectivity index (χ3v) is 26.8. The van der Waals surface area contributed by atoms with E-state index < -0.39 is 245 Å². The monoisotopic (exact) mass is 1910 g/mol. The van der Waals surface area contributed by atoms with Crippen molar-refractivity contribution in [3.8, 4) is 0 Å². The Hall–Kier alpha value is -11.4. The quantitative estimate of drug-likeness (QED) is 0.0435. The van der Waals surface area contributed by atoms with E-state index in [0.717, 1.165) is 34.1 Å². The lowest BCUT2D eigenvalue weighted by Gasteiger charge is -2.41. The first-order chi connectivity index (χ1) is 64.2. The van der Waals surface area contributed by atoms with Crippen molar-refractivity contribution >= 4 is 106 Å². The molecule has 4 aliphatic rings. The van der Waals surface area contributed by atoms with Gasteiger partial charge in [-0.05, 0) is 65.9 Å². The van der Waals surface area contributed by atoms with Gasteiger partial charge >= 0.3 is 11.9 Å². The van der Waals surface area contributed by atoms with Crippen LogP contribution in [0.15, 0.2) is 85.0 Å². The van der Waals surface area contributed by atoms with Crippen LogP contribution in [0.2, 0.25) is 0 Å². The van der Waals surface area contributed by atoms with Gasteiger partial charge in [0, 0.05) is 158 Å². The highest BCUT2D eigenvalue weighted by molar-refractivity contribution is 6.13. The second-order valence-electron chi connectivity index (χ2n) is 37.7. The molecular weight excluding hydrogens is 1760 g/mol. The van der Waals surface area contributed by atoms with Crippen LogP contribution in [0.1, 0.15) is 179 Å². The normalized spacial score (nSPS) is 19.0. The van der Waals surface area contributed by atoms with Crippen LogP contribution < -0.4 is 31.9 Å². The number of nitrogens with one attached hydrogen (secondary N) is 6. The topological polar surface area (TPSA) is 483 Å². The van der Waals surface area contributed by atoms with E-state index in [0.29, 0.717) is 30.4 Å². The molecule has 4 aliphatic heterocycles. The Morgan fingerprint density at radius 1 is 0.456 bits per heavy atom. The van der Waals surface area contributed by atoms with Gasteiger partial charge in [0.05, 0.1) is 79.9 Å². The number of ether oxygens (including phenoxy) is 4. The Morgan fingerprint density at radius 3 is 1.18 bits per heavy atom. The van der Waals surface area contributed by atoms with Crippen LogP contribution >= 0.6 is 0 Å². The van der Waals surface area contributed by atoms with E-state index >= 15 is 24.0 Å². The number of amides is 16. The van der Waals surface area contributed by atoms with Gasteiger partial charge in [0.1, 0.15) is 36.3 Å². The lowest BCUT2D eigenvalue weighted by molar-refractivity contribution is -0.150. The maximum atomic E-state index is 15.9. The van der Waals surface area contributed by atoms with Gasteiger partial charge in [0.15, 0.2) is 0 Å². The Balaban J connectivity index is 1.31. The number of nitrogens with zero attached hydrogens (tertiary/aromatic N) is 8. The molecule has 8 N–H and O–H groups in total. The molecule has 2 aromatic rings. The molecule has 754 valence electrons. The largest absolute Gasteiger partial charge is 0.480 e. The third-order valence-electron chi connectivity index (χ3n) is 26.8. The average Bonchev–Trinajstić information content (AvgIpc) is 1.64. The minimum absolute atomic E-state index is 0.0577. The molecule has 4 heterocycles. The summed E-state index contributed by atoms with van der Waals surface area (Å²) in [6.07, 6.45) is -0.0793. The zero-order chi connectivity index (χ0) is 102. The van der Waals surface area contributed by atoms with Crippen LogP contribution in [0.4, 0.5) is 0 Å². The lowest BCUT2D eigenvalue weighted by atomic mass is 9.89. The van der Waals surface area contributed by atoms with Crippen LogP contribution in [0, 0.1) is 53.3 Å². The molecule has 19 atom stereocenters. The standard InChI is InChI=1S/C98H148N14O24/c1-22-60(11)87(107(17)95(127)83(56(3)4)103-93(125)85(58(7)8)105(15)75(115)40-44-99-73(113)42-47-110-77(117)36-37-78(110)118)71(133-19)52-81(121)109-46-30-35-69(109)90(63(14)92(124)102-68(98(131)132)50-65-33-28-25-29-34-65)136-55-66-51-70(89(135-21)62(13)91(123)101-67(97(129)130)49-64-31-26-24-27-32-64)112(54-66)82(122)53-72(134-20)88(61(12)23-2)108(18)96(128)84(57(5)6)104-94(126)86(59(9)10)106(16)76(116)41-45-100-74(114)43-48-111-79(119)38-39-80(111)120/h24-29,31-34,36-39,56-63,66-72,83-90H,22-23,30,35,40-55H2,1-21H3,(H,99,113)(H,100,114)(H,101,123)(H,102,124)(H,103,125)(H,104,126)(H,129,130)(H,131,132)/t60?,61?,62-,63-,66?,67+,68+,69+,70+,71?,72?,83+,84+,85+,86+,87+,88+,89-,90-/m1/s1. The molecule has 0 spiro atoms. The fourth-order valence-electron chi connectivity index (χ4n) is 18.7. The molecule has 5 unspecified atom stereocenters. The number of benzene rings is 2. The molecule has 6 rings (SSSR count). The van der Waals surface area contributed by atoms with Crippen molar-refractivity contribution < 1.29 is 115 Å². The van der Waals surface area contributed by atoms with Gasteiger partial charge in [-0.15, -0.1) is 0 Å². The van der Waals surface area contributed by atoms with Gasteiger partial charge in [-0.3, -0.25) is 86.5 Å². The van der Waals surface area contributed by atoms with Crippen LogP contribution in [0.5, 0.6) is 0 Å². The van der Waals surface area contributed by atoms with Gasteiger partial charge in [-0.25, -0.2) is 9.59 Å². The number of hydrogen-bond donors (Lipinski definition) is 8. The molecule has 2 aromatic carbocycles. The molecule has 16 amide bonds. The van der Waals surface area contributed by atoms with Crippen molar-refractivity contribution in [1.29, 1.82) is 0 Å². The molecule has 0 saturated carbocycles. The zero-order valence-electron chi connectivity index (χ0n) is 83.0. The molecular formula is C98H148N14O24. The van der Waals surface area contributed by atoms with Crippen LogP contribution in [0.25, 0.3) is 0 Å². The minimum atomic E-state index is -1.43. The summed E-state index contributed by atoms with van der Waals surface area (Å²) in [5.41, 5.74) is 1.24. The summed E-state index contributed by atoms with van der Waals surface area (Å²) < 4.78 is 26.0. The first kappa shape index (κ1) is 113. The molecule has 38 heteroatoms. The Kier molecular flexibility index (Phi) is 45.0. The second-order valence-corrected chi connectivity index (χ2v) is 37.7. The number of carbonyl (C=O) groups is 18. The number of carbonyl (C=O) groups excluding carboxylic acids is 16. The second kappa shape index (κ2) is 53.9.